The van der Waals surface area contributed by atoms with Crippen molar-refractivity contribution in [2.45, 2.75) is 37.5 Å². The molecule has 33 heavy (non-hydrogen) atoms. The number of halogens is 5. The number of aliphatic carboxylic acids is 1. The molecule has 2 heterocycles. The second-order valence-electron chi connectivity index (χ2n) is 6.97. The summed E-state index contributed by atoms with van der Waals surface area (Å²) in [5.41, 5.74) is -0.195. The molecule has 0 aliphatic carbocycles. The van der Waals surface area contributed by atoms with Gasteiger partial charge >= 0.3 is 12.1 Å². The van der Waals surface area contributed by atoms with Crippen molar-refractivity contribution in [3.05, 3.63) is 47.3 Å². The number of carboxylic acid groups (broad SMARTS) is 1. The number of carbonyl (C=O) groups excluding carboxylic acids is 1. The van der Waals surface area contributed by atoms with E-state index in [1.165, 1.54) is 4.68 Å². The van der Waals surface area contributed by atoms with E-state index in [0.29, 0.717) is 31.5 Å². The number of aliphatic hydroxyl groups excluding tert-OH is 1. The molecule has 1 atom stereocenters. The van der Waals surface area contributed by atoms with E-state index in [9.17, 15) is 31.9 Å². The summed E-state index contributed by atoms with van der Waals surface area (Å²) in [6.45, 7) is 1.05. The van der Waals surface area contributed by atoms with Crippen molar-refractivity contribution in [2.75, 3.05) is 19.7 Å². The van der Waals surface area contributed by atoms with Gasteiger partial charge in [0.05, 0.1) is 18.7 Å². The topological polar surface area (TPSA) is 129 Å². The van der Waals surface area contributed by atoms with Gasteiger partial charge in [-0.2, -0.15) is 13.2 Å². The number of amides is 1. The molecule has 0 radical (unpaired) electrons. The molecule has 1 aliphatic heterocycles. The summed E-state index contributed by atoms with van der Waals surface area (Å²) in [4.78, 5) is 21.4. The number of carboxylic acids is 1. The van der Waals surface area contributed by atoms with E-state index in [4.69, 9.17) is 9.90 Å². The van der Waals surface area contributed by atoms with Gasteiger partial charge in [0, 0.05) is 0 Å². The summed E-state index contributed by atoms with van der Waals surface area (Å²) in [6, 6.07) is 7.89. The first-order valence-electron chi connectivity index (χ1n) is 9.77. The molecule has 1 aliphatic rings. The Balaban J connectivity index is 0.000000479. The minimum Gasteiger partial charge on any atom is -0.475 e. The first-order chi connectivity index (χ1) is 15.6. The number of aromatic nitrogens is 3. The van der Waals surface area contributed by atoms with Gasteiger partial charge in [-0.15, -0.1) is 5.10 Å². The standard InChI is InChI=1S/C17H21F2N5O2.C2HF3O2/c18-16(19)15-14(22-23-24(15)12-6-8-20-9-7-12)17(26)21-13(10-25)11-4-2-1-3-5-11;3-2(4,5)1(6)7/h1-5,12-13,16,20,25H,6-10H2,(H,21,26);(H,6,7). The van der Waals surface area contributed by atoms with Crippen LogP contribution in [0.25, 0.3) is 0 Å². The number of carbonyl (C=O) groups is 2. The molecular weight excluding hydrogens is 457 g/mol. The Bertz CT molecular complexity index is 917. The van der Waals surface area contributed by atoms with Crippen molar-refractivity contribution in [1.82, 2.24) is 25.6 Å². The zero-order valence-corrected chi connectivity index (χ0v) is 17.1. The van der Waals surface area contributed by atoms with Crippen LogP contribution in [0.5, 0.6) is 0 Å². The van der Waals surface area contributed by atoms with E-state index >= 15 is 0 Å². The normalized spacial score (nSPS) is 15.5. The fraction of sp³-hybridized carbons (Fsp3) is 0.474. The highest BCUT2D eigenvalue weighted by molar-refractivity contribution is 5.93. The molecule has 0 spiro atoms. The van der Waals surface area contributed by atoms with Crippen LogP contribution in [0.1, 0.15) is 53.1 Å². The molecule has 1 aromatic heterocycles. The second kappa shape index (κ2) is 11.7. The number of nitrogens with zero attached hydrogens (tertiary/aromatic N) is 3. The maximum absolute atomic E-state index is 13.6. The minimum absolute atomic E-state index is 0.211. The summed E-state index contributed by atoms with van der Waals surface area (Å²) in [5, 5.41) is 29.9. The minimum atomic E-state index is -5.08. The molecule has 1 fully saturated rings. The van der Waals surface area contributed by atoms with Crippen LogP contribution in [0.2, 0.25) is 0 Å². The molecule has 1 saturated heterocycles. The van der Waals surface area contributed by atoms with Crippen molar-refractivity contribution in [1.29, 1.82) is 0 Å². The number of nitrogens with one attached hydrogen (secondary N) is 2. The lowest BCUT2D eigenvalue weighted by Gasteiger charge is -2.24. The van der Waals surface area contributed by atoms with Crippen molar-refractivity contribution in [3.8, 4) is 0 Å². The lowest BCUT2D eigenvalue weighted by molar-refractivity contribution is -0.192. The molecule has 1 unspecified atom stereocenters. The average molecular weight is 479 g/mol. The lowest BCUT2D eigenvalue weighted by Crippen LogP contribution is -2.33. The number of aliphatic hydroxyl groups is 1. The predicted octanol–water partition coefficient (Wildman–Crippen LogP) is 2.24. The van der Waals surface area contributed by atoms with Gasteiger partial charge in [0.15, 0.2) is 5.69 Å². The summed E-state index contributed by atoms with van der Waals surface area (Å²) in [5.74, 6) is -3.53. The predicted molar refractivity (Wildman–Crippen MR) is 104 cm³/mol. The van der Waals surface area contributed by atoms with E-state index < -0.39 is 41.9 Å². The highest BCUT2D eigenvalue weighted by Crippen LogP contribution is 2.28. The van der Waals surface area contributed by atoms with Crippen LogP contribution in [0.4, 0.5) is 22.0 Å². The zero-order chi connectivity index (χ0) is 24.6. The Morgan fingerprint density at radius 3 is 2.24 bits per heavy atom. The second-order valence-corrected chi connectivity index (χ2v) is 6.97. The van der Waals surface area contributed by atoms with Gasteiger partial charge in [-0.3, -0.25) is 4.79 Å². The lowest BCUT2D eigenvalue weighted by atomic mass is 10.1. The molecule has 2 aromatic rings. The Morgan fingerprint density at radius 2 is 1.76 bits per heavy atom. The van der Waals surface area contributed by atoms with E-state index in [1.54, 1.807) is 30.3 Å². The zero-order valence-electron chi connectivity index (χ0n) is 17.1. The van der Waals surface area contributed by atoms with Gasteiger partial charge in [0.25, 0.3) is 12.3 Å². The number of hydrogen-bond donors (Lipinski definition) is 4. The molecule has 0 bridgehead atoms. The molecule has 182 valence electrons. The number of benzene rings is 1. The molecule has 3 rings (SSSR count). The maximum Gasteiger partial charge on any atom is 0.490 e. The van der Waals surface area contributed by atoms with Gasteiger partial charge in [-0.05, 0) is 31.5 Å². The van der Waals surface area contributed by atoms with Crippen molar-refractivity contribution in [3.63, 3.8) is 0 Å². The smallest absolute Gasteiger partial charge is 0.475 e. The summed E-state index contributed by atoms with van der Waals surface area (Å²) in [7, 11) is 0. The molecule has 9 nitrogen and oxygen atoms in total. The first-order valence-corrected chi connectivity index (χ1v) is 9.77. The van der Waals surface area contributed by atoms with Gasteiger partial charge in [0.2, 0.25) is 0 Å². The third-order valence-electron chi connectivity index (χ3n) is 4.74. The van der Waals surface area contributed by atoms with Gasteiger partial charge < -0.3 is 20.8 Å². The summed E-state index contributed by atoms with van der Waals surface area (Å²) >= 11 is 0. The highest BCUT2D eigenvalue weighted by Gasteiger charge is 2.38. The quantitative estimate of drug-likeness (QED) is 0.468. The van der Waals surface area contributed by atoms with Crippen LogP contribution in [-0.4, -0.2) is 63.0 Å². The van der Waals surface area contributed by atoms with E-state index in [2.05, 4.69) is 20.9 Å². The van der Waals surface area contributed by atoms with Gasteiger partial charge in [-0.1, -0.05) is 35.5 Å². The molecule has 1 aromatic carbocycles. The monoisotopic (exact) mass is 479 g/mol. The largest absolute Gasteiger partial charge is 0.490 e. The van der Waals surface area contributed by atoms with Gasteiger partial charge in [-0.25, -0.2) is 18.3 Å². The third-order valence-corrected chi connectivity index (χ3v) is 4.74. The molecule has 14 heteroatoms. The molecule has 0 saturated carbocycles. The van der Waals surface area contributed by atoms with Crippen LogP contribution >= 0.6 is 0 Å². The Morgan fingerprint density at radius 1 is 1.18 bits per heavy atom. The Hall–Kier alpha value is -3.13. The number of hydrogen-bond acceptors (Lipinski definition) is 6. The summed E-state index contributed by atoms with van der Waals surface area (Å²) < 4.78 is 60.2. The third kappa shape index (κ3) is 7.18. The van der Waals surface area contributed by atoms with Gasteiger partial charge in [0.1, 0.15) is 5.69 Å². The molecular formula is C19H22F5N5O4. The highest BCUT2D eigenvalue weighted by atomic mass is 19.4. The van der Waals surface area contributed by atoms with Crippen molar-refractivity contribution >= 4 is 11.9 Å². The SMILES string of the molecule is O=C(NC(CO)c1ccccc1)c1nnn(C2CCNCC2)c1C(F)F.O=C(O)C(F)(F)F. The van der Waals surface area contributed by atoms with Crippen molar-refractivity contribution < 1.29 is 41.8 Å². The summed E-state index contributed by atoms with van der Waals surface area (Å²) in [6.07, 6.45) is -6.66. The van der Waals surface area contributed by atoms with Crippen LogP contribution in [0, 0.1) is 0 Å². The van der Waals surface area contributed by atoms with Crippen LogP contribution < -0.4 is 10.6 Å². The fourth-order valence-corrected chi connectivity index (χ4v) is 3.13. The van der Waals surface area contributed by atoms with Crippen molar-refractivity contribution in [2.24, 2.45) is 0 Å². The fourth-order valence-electron chi connectivity index (χ4n) is 3.13. The Labute approximate surface area is 184 Å². The average Bonchev–Trinajstić information content (AvgIpc) is 3.24. The maximum atomic E-state index is 13.6. The Kier molecular flexibility index (Phi) is 9.22. The van der Waals surface area contributed by atoms with Crippen LogP contribution in [0.3, 0.4) is 0 Å². The van der Waals surface area contributed by atoms with Crippen LogP contribution in [-0.2, 0) is 4.79 Å². The number of rotatable bonds is 6. The van der Waals surface area contributed by atoms with Crippen LogP contribution in [0.15, 0.2) is 30.3 Å². The van der Waals surface area contributed by atoms with E-state index in [0.717, 1.165) is 0 Å². The van der Waals surface area contributed by atoms with E-state index in [1.807, 2.05) is 0 Å². The number of piperidine rings is 1. The number of alkyl halides is 5. The molecule has 1 amide bonds. The molecule has 4 N–H and O–H groups in total. The first kappa shape index (κ1) is 26.1. The van der Waals surface area contributed by atoms with E-state index in [-0.39, 0.29) is 12.6 Å².